The quantitative estimate of drug-likeness (QED) is 0.599. The lowest BCUT2D eigenvalue weighted by molar-refractivity contribution is -0.384. The molecule has 3 rings (SSSR count). The number of nitrogens with one attached hydrogen (secondary N) is 1. The Bertz CT molecular complexity index is 1010. The molecular weight excluding hydrogens is 389 g/mol. The summed E-state index contributed by atoms with van der Waals surface area (Å²) < 4.78 is 14.3. The van der Waals surface area contributed by atoms with Crippen LogP contribution in [-0.2, 0) is 0 Å². The minimum Gasteiger partial charge on any atom is -0.366 e. The minimum absolute atomic E-state index is 0.0769. The molecule has 1 aliphatic heterocycles. The number of piperazine rings is 1. The maximum atomic E-state index is 14.3. The van der Waals surface area contributed by atoms with E-state index in [2.05, 4.69) is 5.32 Å². The number of nitro groups is 1. The van der Waals surface area contributed by atoms with E-state index in [0.29, 0.717) is 37.6 Å². The average molecular weight is 411 g/mol. The third kappa shape index (κ3) is 4.49. The van der Waals surface area contributed by atoms with Gasteiger partial charge in [-0.3, -0.25) is 14.9 Å². The van der Waals surface area contributed by atoms with Crippen molar-refractivity contribution in [2.24, 2.45) is 0 Å². The third-order valence-electron chi connectivity index (χ3n) is 4.89. The predicted molar refractivity (Wildman–Crippen MR) is 111 cm³/mol. The van der Waals surface area contributed by atoms with Crippen molar-refractivity contribution in [2.75, 3.05) is 36.0 Å². The van der Waals surface area contributed by atoms with Crippen molar-refractivity contribution in [3.05, 3.63) is 63.5 Å². The average Bonchev–Trinajstić information content (AvgIpc) is 2.73. The van der Waals surface area contributed by atoms with Crippen LogP contribution in [0, 0.1) is 27.3 Å². The molecule has 0 aromatic heterocycles. The molecule has 1 amide bonds. The van der Waals surface area contributed by atoms with Crippen molar-refractivity contribution in [2.45, 2.75) is 19.9 Å². The number of hydrogen-bond donors (Lipinski definition) is 1. The topological polar surface area (TPSA) is 103 Å². The number of nitrogens with zero attached hydrogens (tertiary/aromatic N) is 4. The Kier molecular flexibility index (Phi) is 6.16. The van der Waals surface area contributed by atoms with Crippen molar-refractivity contribution < 1.29 is 14.1 Å². The number of carbonyl (C=O) groups excluding carboxylic acids is 1. The van der Waals surface area contributed by atoms with Gasteiger partial charge in [-0.15, -0.1) is 0 Å². The lowest BCUT2D eigenvalue weighted by atomic mass is 10.1. The van der Waals surface area contributed by atoms with Gasteiger partial charge in [0.2, 0.25) is 0 Å². The van der Waals surface area contributed by atoms with Crippen molar-refractivity contribution in [3.8, 4) is 6.07 Å². The number of rotatable bonds is 5. The molecule has 1 heterocycles. The van der Waals surface area contributed by atoms with E-state index in [1.807, 2.05) is 29.7 Å². The highest BCUT2D eigenvalue weighted by Gasteiger charge is 2.26. The molecular formula is C21H22FN5O3. The van der Waals surface area contributed by atoms with Crippen LogP contribution < -0.4 is 15.1 Å². The smallest absolute Gasteiger partial charge is 0.293 e. The van der Waals surface area contributed by atoms with Gasteiger partial charge in [0.1, 0.15) is 11.5 Å². The summed E-state index contributed by atoms with van der Waals surface area (Å²) in [5.41, 5.74) is 1.19. The molecule has 0 unspecified atom stereocenters. The first-order valence-electron chi connectivity index (χ1n) is 9.59. The van der Waals surface area contributed by atoms with Crippen molar-refractivity contribution >= 4 is 23.0 Å². The van der Waals surface area contributed by atoms with Crippen molar-refractivity contribution in [1.82, 2.24) is 5.32 Å². The second-order valence-corrected chi connectivity index (χ2v) is 7.34. The molecule has 8 nitrogen and oxygen atoms in total. The fraction of sp³-hybridized carbons (Fsp3) is 0.333. The minimum atomic E-state index is -0.492. The molecule has 0 saturated carbocycles. The largest absolute Gasteiger partial charge is 0.366 e. The van der Waals surface area contributed by atoms with Gasteiger partial charge in [0, 0.05) is 43.9 Å². The highest BCUT2D eigenvalue weighted by Crippen LogP contribution is 2.31. The van der Waals surface area contributed by atoms with Crippen molar-refractivity contribution in [1.29, 1.82) is 5.26 Å². The molecule has 156 valence electrons. The highest BCUT2D eigenvalue weighted by molar-refractivity contribution is 5.96. The molecule has 0 atom stereocenters. The Morgan fingerprint density at radius 2 is 1.73 bits per heavy atom. The van der Waals surface area contributed by atoms with Crippen molar-refractivity contribution in [3.63, 3.8) is 0 Å². The lowest BCUT2D eigenvalue weighted by Gasteiger charge is -2.37. The van der Waals surface area contributed by atoms with E-state index in [9.17, 15) is 19.3 Å². The van der Waals surface area contributed by atoms with E-state index in [1.54, 1.807) is 24.3 Å². The van der Waals surface area contributed by atoms with Crippen LogP contribution in [0.2, 0.25) is 0 Å². The number of nitriles is 1. The summed E-state index contributed by atoms with van der Waals surface area (Å²) in [6.45, 7) is 5.48. The normalized spacial score (nSPS) is 13.8. The fourth-order valence-electron chi connectivity index (χ4n) is 3.44. The van der Waals surface area contributed by atoms with Crippen LogP contribution in [-0.4, -0.2) is 43.1 Å². The summed E-state index contributed by atoms with van der Waals surface area (Å²) in [5, 5.41) is 23.2. The molecule has 0 spiro atoms. The van der Waals surface area contributed by atoms with Crippen LogP contribution >= 0.6 is 0 Å². The number of halogens is 1. The Morgan fingerprint density at radius 3 is 2.27 bits per heavy atom. The Hall–Kier alpha value is -3.67. The molecule has 1 saturated heterocycles. The number of carbonyl (C=O) groups is 1. The third-order valence-corrected chi connectivity index (χ3v) is 4.89. The zero-order valence-electron chi connectivity index (χ0n) is 16.8. The number of benzene rings is 2. The fourth-order valence-corrected chi connectivity index (χ4v) is 3.44. The Labute approximate surface area is 173 Å². The van der Waals surface area contributed by atoms with Crippen LogP contribution in [0.1, 0.15) is 29.8 Å². The van der Waals surface area contributed by atoms with Crippen LogP contribution in [0.4, 0.5) is 21.5 Å². The van der Waals surface area contributed by atoms with E-state index >= 15 is 0 Å². The maximum Gasteiger partial charge on any atom is 0.293 e. The number of anilines is 2. The van der Waals surface area contributed by atoms with Gasteiger partial charge in [-0.05, 0) is 44.2 Å². The Morgan fingerprint density at radius 1 is 1.13 bits per heavy atom. The summed E-state index contributed by atoms with van der Waals surface area (Å²) in [6, 6.07) is 10.6. The Balaban J connectivity index is 1.77. The molecule has 30 heavy (non-hydrogen) atoms. The summed E-state index contributed by atoms with van der Waals surface area (Å²) >= 11 is 0. The molecule has 2 aromatic carbocycles. The second kappa shape index (κ2) is 8.78. The van der Waals surface area contributed by atoms with Gasteiger partial charge in [0.15, 0.2) is 0 Å². The van der Waals surface area contributed by atoms with Gasteiger partial charge >= 0.3 is 0 Å². The van der Waals surface area contributed by atoms with Gasteiger partial charge < -0.3 is 15.1 Å². The van der Waals surface area contributed by atoms with Crippen LogP contribution in [0.5, 0.6) is 0 Å². The number of nitro benzene ring substituents is 1. The van der Waals surface area contributed by atoms with Gasteiger partial charge in [0.05, 0.1) is 22.2 Å². The van der Waals surface area contributed by atoms with E-state index in [-0.39, 0.29) is 28.8 Å². The highest BCUT2D eigenvalue weighted by atomic mass is 19.1. The first kappa shape index (κ1) is 21.0. The summed E-state index contributed by atoms with van der Waals surface area (Å²) in [5.74, 6) is -0.824. The standard InChI is InChI=1S/C21H22FN5O3/c1-14(2)24-21(28)16-4-6-19(20(12-16)27(29)30)26-9-7-25(8-10-26)18-5-3-15(13-23)11-17(18)22/h3-6,11-12,14H,7-10H2,1-2H3,(H,24,28). The van der Waals surface area contributed by atoms with Gasteiger partial charge in [-0.2, -0.15) is 5.26 Å². The molecule has 0 aliphatic carbocycles. The zero-order valence-corrected chi connectivity index (χ0v) is 16.8. The van der Waals surface area contributed by atoms with Crippen LogP contribution in [0.3, 0.4) is 0 Å². The van der Waals surface area contributed by atoms with E-state index < -0.39 is 10.7 Å². The van der Waals surface area contributed by atoms with E-state index in [1.165, 1.54) is 12.1 Å². The van der Waals surface area contributed by atoms with E-state index in [4.69, 9.17) is 5.26 Å². The zero-order chi connectivity index (χ0) is 21.8. The van der Waals surface area contributed by atoms with Gasteiger partial charge in [-0.25, -0.2) is 4.39 Å². The molecule has 1 aliphatic rings. The molecule has 1 fully saturated rings. The van der Waals surface area contributed by atoms with E-state index in [0.717, 1.165) is 0 Å². The first-order valence-corrected chi connectivity index (χ1v) is 9.59. The molecule has 0 bridgehead atoms. The molecule has 2 aromatic rings. The predicted octanol–water partition coefficient (Wildman–Crippen LogP) is 3.07. The van der Waals surface area contributed by atoms with Gasteiger partial charge in [-0.1, -0.05) is 0 Å². The molecule has 1 N–H and O–H groups in total. The van der Waals surface area contributed by atoms with Crippen LogP contribution in [0.15, 0.2) is 36.4 Å². The maximum absolute atomic E-state index is 14.3. The van der Waals surface area contributed by atoms with Crippen LogP contribution in [0.25, 0.3) is 0 Å². The SMILES string of the molecule is CC(C)NC(=O)c1ccc(N2CCN(c3ccc(C#N)cc3F)CC2)c([N+](=O)[O-])c1. The summed E-state index contributed by atoms with van der Waals surface area (Å²) in [7, 11) is 0. The first-order chi connectivity index (χ1) is 14.3. The molecule has 0 radical (unpaired) electrons. The summed E-state index contributed by atoms with van der Waals surface area (Å²) in [4.78, 5) is 27.0. The molecule has 9 heteroatoms. The number of hydrogen-bond acceptors (Lipinski definition) is 6. The number of amides is 1. The lowest BCUT2D eigenvalue weighted by Crippen LogP contribution is -2.47. The second-order valence-electron chi connectivity index (χ2n) is 7.34. The summed E-state index contributed by atoms with van der Waals surface area (Å²) in [6.07, 6.45) is 0. The van der Waals surface area contributed by atoms with Gasteiger partial charge in [0.25, 0.3) is 11.6 Å². The monoisotopic (exact) mass is 411 g/mol.